The van der Waals surface area contributed by atoms with Gasteiger partial charge < -0.3 is 15.5 Å². The molecular weight excluding hydrogens is 302 g/mol. The summed E-state index contributed by atoms with van der Waals surface area (Å²) < 4.78 is 5.77. The minimum atomic E-state index is -0.169. The third-order valence-corrected chi connectivity index (χ3v) is 3.74. The van der Waals surface area contributed by atoms with Crippen molar-refractivity contribution in [2.24, 2.45) is 5.73 Å². The summed E-state index contributed by atoms with van der Waals surface area (Å²) in [5.74, 6) is 0.510. The summed E-state index contributed by atoms with van der Waals surface area (Å²) in [5.41, 5.74) is 9.12. The first kappa shape index (κ1) is 16.2. The second-order valence-corrected chi connectivity index (χ2v) is 6.81. The lowest BCUT2D eigenvalue weighted by Crippen LogP contribution is -2.12. The summed E-state index contributed by atoms with van der Waals surface area (Å²) in [5, 5.41) is 2.88. The lowest BCUT2D eigenvalue weighted by atomic mass is 9.97. The Hall–Kier alpha value is -2.66. The summed E-state index contributed by atoms with van der Waals surface area (Å²) in [7, 11) is 0. The van der Waals surface area contributed by atoms with Crippen LogP contribution in [-0.4, -0.2) is 10.9 Å². The molecule has 0 saturated carbocycles. The van der Waals surface area contributed by atoms with E-state index < -0.39 is 0 Å². The molecule has 1 aromatic heterocycles. The number of rotatable bonds is 3. The zero-order valence-corrected chi connectivity index (χ0v) is 14.1. The Bertz CT molecular complexity index is 874. The summed E-state index contributed by atoms with van der Waals surface area (Å²) in [4.78, 5) is 16.8. The maximum absolute atomic E-state index is 12.3. The van der Waals surface area contributed by atoms with E-state index in [1.165, 1.54) is 0 Å². The Morgan fingerprint density at radius 3 is 2.50 bits per heavy atom. The first-order valence-electron chi connectivity index (χ1n) is 7.88. The number of fused-ring (bicyclic) bond motifs is 1. The summed E-state index contributed by atoms with van der Waals surface area (Å²) >= 11 is 0. The topological polar surface area (TPSA) is 81.2 Å². The van der Waals surface area contributed by atoms with Crippen molar-refractivity contribution in [1.29, 1.82) is 0 Å². The van der Waals surface area contributed by atoms with Crippen LogP contribution in [0.2, 0.25) is 0 Å². The fraction of sp³-hybridized carbons (Fsp3) is 0.263. The molecule has 0 spiro atoms. The van der Waals surface area contributed by atoms with Crippen molar-refractivity contribution in [3.05, 3.63) is 59.5 Å². The van der Waals surface area contributed by atoms with E-state index in [-0.39, 0.29) is 11.3 Å². The fourth-order valence-corrected chi connectivity index (χ4v) is 2.32. The Morgan fingerprint density at radius 2 is 1.88 bits per heavy atom. The van der Waals surface area contributed by atoms with Crippen LogP contribution in [0.25, 0.3) is 11.1 Å². The van der Waals surface area contributed by atoms with Gasteiger partial charge in [0.15, 0.2) is 5.58 Å². The van der Waals surface area contributed by atoms with E-state index >= 15 is 0 Å². The maximum atomic E-state index is 12.3. The molecule has 0 bridgehead atoms. The number of carbonyl (C=O) groups is 1. The van der Waals surface area contributed by atoms with Gasteiger partial charge in [-0.3, -0.25) is 4.79 Å². The Morgan fingerprint density at radius 1 is 1.17 bits per heavy atom. The van der Waals surface area contributed by atoms with Gasteiger partial charge >= 0.3 is 0 Å². The molecule has 0 aliphatic rings. The molecule has 3 rings (SSSR count). The average molecular weight is 323 g/mol. The largest absolute Gasteiger partial charge is 0.440 e. The van der Waals surface area contributed by atoms with Gasteiger partial charge in [-0.1, -0.05) is 32.9 Å². The van der Waals surface area contributed by atoms with Crippen molar-refractivity contribution in [3.63, 3.8) is 0 Å². The summed E-state index contributed by atoms with van der Waals surface area (Å²) in [6.07, 6.45) is 0. The van der Waals surface area contributed by atoms with Gasteiger partial charge in [-0.15, -0.1) is 0 Å². The van der Waals surface area contributed by atoms with E-state index in [2.05, 4.69) is 10.3 Å². The lowest BCUT2D eigenvalue weighted by Gasteiger charge is -2.11. The number of hydrogen-bond donors (Lipinski definition) is 2. The van der Waals surface area contributed by atoms with E-state index in [0.717, 1.165) is 11.1 Å². The quantitative estimate of drug-likeness (QED) is 0.767. The van der Waals surface area contributed by atoms with Crippen LogP contribution in [-0.2, 0) is 12.0 Å². The van der Waals surface area contributed by atoms with E-state index in [9.17, 15) is 4.79 Å². The monoisotopic (exact) mass is 323 g/mol. The smallest absolute Gasteiger partial charge is 0.255 e. The van der Waals surface area contributed by atoms with Crippen molar-refractivity contribution in [3.8, 4) is 0 Å². The molecule has 1 amide bonds. The molecule has 5 heteroatoms. The highest BCUT2D eigenvalue weighted by Crippen LogP contribution is 2.27. The van der Waals surface area contributed by atoms with Crippen LogP contribution < -0.4 is 11.1 Å². The summed E-state index contributed by atoms with van der Waals surface area (Å²) in [6, 6.07) is 12.7. The molecule has 3 N–H and O–H groups in total. The van der Waals surface area contributed by atoms with Gasteiger partial charge in [-0.2, -0.15) is 0 Å². The van der Waals surface area contributed by atoms with Gasteiger partial charge in [0.05, 0.1) is 0 Å². The molecule has 0 unspecified atom stereocenters. The molecule has 124 valence electrons. The Balaban J connectivity index is 1.82. The highest BCUT2D eigenvalue weighted by molar-refractivity contribution is 6.04. The maximum Gasteiger partial charge on any atom is 0.255 e. The third kappa shape index (κ3) is 3.31. The molecule has 2 aromatic carbocycles. The molecular formula is C19H21N3O2. The number of aromatic nitrogens is 1. The molecule has 0 fully saturated rings. The molecule has 0 saturated heterocycles. The number of oxazole rings is 1. The van der Waals surface area contributed by atoms with Crippen LogP contribution in [0.1, 0.15) is 42.6 Å². The van der Waals surface area contributed by atoms with Gasteiger partial charge in [0.2, 0.25) is 5.89 Å². The highest BCUT2D eigenvalue weighted by atomic mass is 16.3. The van der Waals surface area contributed by atoms with Crippen molar-refractivity contribution >= 4 is 22.7 Å². The third-order valence-electron chi connectivity index (χ3n) is 3.74. The number of nitrogens with two attached hydrogens (primary N) is 1. The molecule has 24 heavy (non-hydrogen) atoms. The van der Waals surface area contributed by atoms with Crippen LogP contribution in [0.3, 0.4) is 0 Å². The van der Waals surface area contributed by atoms with E-state index in [1.54, 1.807) is 12.1 Å². The zero-order valence-electron chi connectivity index (χ0n) is 14.1. The standard InChI is InChI=1S/C19H21N3O2/c1-19(2,3)18-22-15-10-14(8-9-16(15)24-18)21-17(23)13-6-4-12(11-20)5-7-13/h4-10H,11,20H2,1-3H3,(H,21,23). The SMILES string of the molecule is CC(C)(C)c1nc2cc(NC(=O)c3ccc(CN)cc3)ccc2o1. The first-order valence-corrected chi connectivity index (χ1v) is 7.88. The van der Waals surface area contributed by atoms with Gasteiger partial charge in [0.25, 0.3) is 5.91 Å². The van der Waals surface area contributed by atoms with Gasteiger partial charge in [-0.05, 0) is 35.9 Å². The zero-order chi connectivity index (χ0) is 17.3. The molecule has 1 heterocycles. The predicted octanol–water partition coefficient (Wildman–Crippen LogP) is 3.84. The molecule has 3 aromatic rings. The summed E-state index contributed by atoms with van der Waals surface area (Å²) in [6.45, 7) is 6.60. The van der Waals surface area contributed by atoms with Crippen LogP contribution in [0.15, 0.2) is 46.9 Å². The van der Waals surface area contributed by atoms with Crippen molar-refractivity contribution in [1.82, 2.24) is 4.98 Å². The van der Waals surface area contributed by atoms with Crippen molar-refractivity contribution in [2.75, 3.05) is 5.32 Å². The van der Waals surface area contributed by atoms with Gasteiger partial charge in [0, 0.05) is 23.2 Å². The molecule has 0 aliphatic heterocycles. The van der Waals surface area contributed by atoms with Gasteiger partial charge in [0.1, 0.15) is 5.52 Å². The second kappa shape index (κ2) is 6.09. The van der Waals surface area contributed by atoms with Gasteiger partial charge in [-0.25, -0.2) is 4.98 Å². The Labute approximate surface area is 140 Å². The van der Waals surface area contributed by atoms with Crippen LogP contribution >= 0.6 is 0 Å². The van der Waals surface area contributed by atoms with E-state index in [1.807, 2.05) is 51.1 Å². The number of hydrogen-bond acceptors (Lipinski definition) is 4. The van der Waals surface area contributed by atoms with Crippen molar-refractivity contribution in [2.45, 2.75) is 32.7 Å². The van der Waals surface area contributed by atoms with Crippen LogP contribution in [0.5, 0.6) is 0 Å². The molecule has 0 atom stereocenters. The highest BCUT2D eigenvalue weighted by Gasteiger charge is 2.21. The number of benzene rings is 2. The van der Waals surface area contributed by atoms with E-state index in [0.29, 0.717) is 29.3 Å². The first-order chi connectivity index (χ1) is 11.4. The fourth-order valence-electron chi connectivity index (χ4n) is 2.32. The normalized spacial score (nSPS) is 11.7. The number of carbonyl (C=O) groups excluding carboxylic acids is 1. The van der Waals surface area contributed by atoms with Crippen molar-refractivity contribution < 1.29 is 9.21 Å². The number of nitrogens with zero attached hydrogens (tertiary/aromatic N) is 1. The molecule has 0 radical (unpaired) electrons. The molecule has 0 aliphatic carbocycles. The minimum Gasteiger partial charge on any atom is -0.440 e. The lowest BCUT2D eigenvalue weighted by molar-refractivity contribution is 0.102. The number of amides is 1. The predicted molar refractivity (Wildman–Crippen MR) is 95.0 cm³/mol. The molecule has 5 nitrogen and oxygen atoms in total. The Kier molecular flexibility index (Phi) is 4.11. The second-order valence-electron chi connectivity index (χ2n) is 6.81. The minimum absolute atomic E-state index is 0.160. The van der Waals surface area contributed by atoms with E-state index in [4.69, 9.17) is 10.2 Å². The average Bonchev–Trinajstić information content (AvgIpc) is 2.98. The number of nitrogens with one attached hydrogen (secondary N) is 1. The van der Waals surface area contributed by atoms with Crippen LogP contribution in [0, 0.1) is 0 Å². The number of anilines is 1. The van der Waals surface area contributed by atoms with Crippen LogP contribution in [0.4, 0.5) is 5.69 Å².